The van der Waals surface area contributed by atoms with Gasteiger partial charge in [-0.1, -0.05) is 45.0 Å². The minimum absolute atomic E-state index is 0.0608. The van der Waals surface area contributed by atoms with Crippen molar-refractivity contribution in [3.05, 3.63) is 63.3 Å². The van der Waals surface area contributed by atoms with Gasteiger partial charge in [0, 0.05) is 6.07 Å². The summed E-state index contributed by atoms with van der Waals surface area (Å²) in [5, 5.41) is 3.10. The second kappa shape index (κ2) is 6.47. The Morgan fingerprint density at radius 3 is 2.32 bits per heavy atom. The van der Waals surface area contributed by atoms with E-state index in [0.29, 0.717) is 11.7 Å². The number of amides is 1. The SMILES string of the molecule is Cc1nc(C(=O)NC(c2ccc(C(C)C)cc2)C2(C)CC2)cc(=O)[nH]1. The molecule has 0 radical (unpaired) electrons. The van der Waals surface area contributed by atoms with Gasteiger partial charge in [-0.05, 0) is 42.2 Å². The number of benzene rings is 1. The van der Waals surface area contributed by atoms with Gasteiger partial charge >= 0.3 is 0 Å². The molecule has 5 nitrogen and oxygen atoms in total. The van der Waals surface area contributed by atoms with Crippen molar-refractivity contribution >= 4 is 5.91 Å². The van der Waals surface area contributed by atoms with Crippen LogP contribution in [0.15, 0.2) is 35.1 Å². The minimum Gasteiger partial charge on any atom is -0.343 e. The lowest BCUT2D eigenvalue weighted by Gasteiger charge is -2.25. The Balaban J connectivity index is 1.87. The van der Waals surface area contributed by atoms with Crippen molar-refractivity contribution in [3.8, 4) is 0 Å². The van der Waals surface area contributed by atoms with E-state index in [1.807, 2.05) is 0 Å². The lowest BCUT2D eigenvalue weighted by Crippen LogP contribution is -2.34. The molecule has 1 fully saturated rings. The van der Waals surface area contributed by atoms with E-state index < -0.39 is 0 Å². The number of rotatable bonds is 5. The average Bonchev–Trinajstić information content (AvgIpc) is 3.30. The smallest absolute Gasteiger partial charge is 0.270 e. The lowest BCUT2D eigenvalue weighted by atomic mass is 9.90. The van der Waals surface area contributed by atoms with E-state index in [2.05, 4.69) is 60.3 Å². The summed E-state index contributed by atoms with van der Waals surface area (Å²) in [4.78, 5) is 31.0. The molecule has 1 amide bonds. The maximum atomic E-state index is 12.7. The van der Waals surface area contributed by atoms with Gasteiger partial charge in [0.25, 0.3) is 11.5 Å². The first-order chi connectivity index (χ1) is 11.8. The third kappa shape index (κ3) is 3.81. The molecule has 0 aliphatic heterocycles. The van der Waals surface area contributed by atoms with Gasteiger partial charge in [0.05, 0.1) is 6.04 Å². The van der Waals surface area contributed by atoms with Crippen LogP contribution in [-0.4, -0.2) is 15.9 Å². The summed E-state index contributed by atoms with van der Waals surface area (Å²) in [7, 11) is 0. The molecule has 1 aliphatic carbocycles. The fraction of sp³-hybridized carbons (Fsp3) is 0.450. The van der Waals surface area contributed by atoms with E-state index in [9.17, 15) is 9.59 Å². The molecule has 5 heteroatoms. The van der Waals surface area contributed by atoms with Crippen LogP contribution in [-0.2, 0) is 0 Å². The summed E-state index contributed by atoms with van der Waals surface area (Å²) < 4.78 is 0. The van der Waals surface area contributed by atoms with Gasteiger partial charge in [0.1, 0.15) is 11.5 Å². The molecule has 1 atom stereocenters. The van der Waals surface area contributed by atoms with Gasteiger partial charge in [0.15, 0.2) is 0 Å². The number of aryl methyl sites for hydroxylation is 1. The van der Waals surface area contributed by atoms with Crippen LogP contribution in [0.25, 0.3) is 0 Å². The first kappa shape index (κ1) is 17.4. The molecule has 2 N–H and O–H groups in total. The second-order valence-corrected chi connectivity index (χ2v) is 7.60. The highest BCUT2D eigenvalue weighted by atomic mass is 16.2. The van der Waals surface area contributed by atoms with Crippen LogP contribution in [0.5, 0.6) is 0 Å². The zero-order chi connectivity index (χ0) is 18.2. The number of H-pyrrole nitrogens is 1. The van der Waals surface area contributed by atoms with E-state index in [-0.39, 0.29) is 28.6 Å². The van der Waals surface area contributed by atoms with Gasteiger partial charge in [-0.15, -0.1) is 0 Å². The molecule has 1 heterocycles. The monoisotopic (exact) mass is 339 g/mol. The van der Waals surface area contributed by atoms with Gasteiger partial charge < -0.3 is 10.3 Å². The number of carbonyl (C=O) groups is 1. The molecule has 1 aromatic heterocycles. The number of nitrogens with zero attached hydrogens (tertiary/aromatic N) is 1. The molecule has 25 heavy (non-hydrogen) atoms. The van der Waals surface area contributed by atoms with E-state index in [4.69, 9.17) is 0 Å². The first-order valence-electron chi connectivity index (χ1n) is 8.77. The van der Waals surface area contributed by atoms with Crippen molar-refractivity contribution in [3.63, 3.8) is 0 Å². The molecule has 0 spiro atoms. The summed E-state index contributed by atoms with van der Waals surface area (Å²) in [6.07, 6.45) is 2.15. The van der Waals surface area contributed by atoms with Crippen LogP contribution < -0.4 is 10.9 Å². The molecule has 2 aromatic rings. The van der Waals surface area contributed by atoms with E-state index in [1.54, 1.807) is 6.92 Å². The van der Waals surface area contributed by atoms with Crippen LogP contribution in [0.4, 0.5) is 0 Å². The molecule has 1 unspecified atom stereocenters. The predicted octanol–water partition coefficient (Wildman–Crippen LogP) is 3.47. The number of hydrogen-bond donors (Lipinski definition) is 2. The highest BCUT2D eigenvalue weighted by Crippen LogP contribution is 2.54. The fourth-order valence-electron chi connectivity index (χ4n) is 3.12. The summed E-state index contributed by atoms with van der Waals surface area (Å²) in [5.41, 5.74) is 2.29. The lowest BCUT2D eigenvalue weighted by molar-refractivity contribution is 0.0913. The molecule has 0 saturated heterocycles. The van der Waals surface area contributed by atoms with Gasteiger partial charge in [-0.2, -0.15) is 0 Å². The van der Waals surface area contributed by atoms with Crippen molar-refractivity contribution < 1.29 is 4.79 Å². The third-order valence-corrected chi connectivity index (χ3v) is 5.04. The largest absolute Gasteiger partial charge is 0.343 e. The van der Waals surface area contributed by atoms with Crippen LogP contribution in [0.2, 0.25) is 0 Å². The highest BCUT2D eigenvalue weighted by molar-refractivity contribution is 5.92. The first-order valence-corrected chi connectivity index (χ1v) is 8.77. The van der Waals surface area contributed by atoms with Crippen molar-refractivity contribution in [2.24, 2.45) is 5.41 Å². The van der Waals surface area contributed by atoms with E-state index >= 15 is 0 Å². The Bertz CT molecular complexity index is 833. The predicted molar refractivity (Wildman–Crippen MR) is 97.7 cm³/mol. The van der Waals surface area contributed by atoms with Crippen molar-refractivity contribution in [2.45, 2.75) is 52.5 Å². The van der Waals surface area contributed by atoms with Crippen LogP contribution in [0.3, 0.4) is 0 Å². The number of carbonyl (C=O) groups excluding carboxylic acids is 1. The van der Waals surface area contributed by atoms with Gasteiger partial charge in [-0.25, -0.2) is 4.98 Å². The van der Waals surface area contributed by atoms with Crippen LogP contribution in [0, 0.1) is 12.3 Å². The fourth-order valence-corrected chi connectivity index (χ4v) is 3.12. The average molecular weight is 339 g/mol. The quantitative estimate of drug-likeness (QED) is 0.876. The normalized spacial score (nSPS) is 16.5. The Morgan fingerprint density at radius 1 is 1.20 bits per heavy atom. The van der Waals surface area contributed by atoms with Crippen molar-refractivity contribution in [1.29, 1.82) is 0 Å². The summed E-state index contributed by atoms with van der Waals surface area (Å²) in [5.74, 6) is 0.607. The molecule has 132 valence electrons. The topological polar surface area (TPSA) is 74.8 Å². The maximum Gasteiger partial charge on any atom is 0.270 e. The van der Waals surface area contributed by atoms with Crippen LogP contribution >= 0.6 is 0 Å². The van der Waals surface area contributed by atoms with E-state index in [1.165, 1.54) is 11.6 Å². The second-order valence-electron chi connectivity index (χ2n) is 7.60. The van der Waals surface area contributed by atoms with Crippen LogP contribution in [0.1, 0.15) is 73.0 Å². The Morgan fingerprint density at radius 2 is 1.80 bits per heavy atom. The van der Waals surface area contributed by atoms with E-state index in [0.717, 1.165) is 18.4 Å². The maximum absolute atomic E-state index is 12.7. The highest BCUT2D eigenvalue weighted by Gasteiger charge is 2.46. The number of hydrogen-bond acceptors (Lipinski definition) is 3. The zero-order valence-electron chi connectivity index (χ0n) is 15.2. The summed E-state index contributed by atoms with van der Waals surface area (Å²) in [6.45, 7) is 8.18. The molecular formula is C20H25N3O2. The standard InChI is InChI=1S/C20H25N3O2/c1-12(2)14-5-7-15(8-6-14)18(20(4)9-10-20)23-19(25)16-11-17(24)22-13(3)21-16/h5-8,11-12,18H,9-10H2,1-4H3,(H,23,25)(H,21,22,24). The third-order valence-electron chi connectivity index (χ3n) is 5.04. The number of nitrogens with one attached hydrogen (secondary N) is 2. The molecule has 3 rings (SSSR count). The molecule has 1 aromatic carbocycles. The Labute approximate surface area is 147 Å². The Kier molecular flexibility index (Phi) is 4.50. The minimum atomic E-state index is -0.312. The number of aromatic amines is 1. The summed E-state index contributed by atoms with van der Waals surface area (Å²) >= 11 is 0. The molecular weight excluding hydrogens is 314 g/mol. The molecule has 0 bridgehead atoms. The Hall–Kier alpha value is -2.43. The van der Waals surface area contributed by atoms with Crippen molar-refractivity contribution in [1.82, 2.24) is 15.3 Å². The molecule has 1 aliphatic rings. The van der Waals surface area contributed by atoms with Crippen molar-refractivity contribution in [2.75, 3.05) is 0 Å². The van der Waals surface area contributed by atoms with Gasteiger partial charge in [-0.3, -0.25) is 9.59 Å². The number of aromatic nitrogens is 2. The van der Waals surface area contributed by atoms with Gasteiger partial charge in [0.2, 0.25) is 0 Å². The molecule has 1 saturated carbocycles. The summed E-state index contributed by atoms with van der Waals surface area (Å²) in [6, 6.07) is 9.61. The zero-order valence-corrected chi connectivity index (χ0v) is 15.2.